The lowest BCUT2D eigenvalue weighted by Crippen LogP contribution is -2.17. The van der Waals surface area contributed by atoms with Crippen molar-refractivity contribution in [3.05, 3.63) is 75.6 Å². The lowest BCUT2D eigenvalue weighted by molar-refractivity contribution is 0.0723. The molecule has 0 bridgehead atoms. The molecule has 2 aromatic rings. The fourth-order valence-corrected chi connectivity index (χ4v) is 3.10. The van der Waals surface area contributed by atoms with E-state index in [1.807, 2.05) is 13.0 Å². The summed E-state index contributed by atoms with van der Waals surface area (Å²) in [6.07, 6.45) is 4.15. The van der Waals surface area contributed by atoms with Crippen LogP contribution in [0.15, 0.2) is 29.8 Å². The molecule has 27 heavy (non-hydrogen) atoms. The lowest BCUT2D eigenvalue weighted by Gasteiger charge is -2.19. The zero-order valence-electron chi connectivity index (χ0n) is 14.3. The summed E-state index contributed by atoms with van der Waals surface area (Å²) in [5.74, 6) is -9.26. The van der Waals surface area contributed by atoms with Crippen molar-refractivity contribution in [2.75, 3.05) is 0 Å². The number of rotatable bonds is 4. The Hall–Kier alpha value is -2.70. The van der Waals surface area contributed by atoms with E-state index in [2.05, 4.69) is 4.74 Å². The molecule has 0 atom stereocenters. The molecule has 0 amide bonds. The first kappa shape index (κ1) is 19.1. The topological polar surface area (TPSA) is 26.3 Å². The molecule has 0 heterocycles. The number of ether oxygens (including phenoxy) is 1. The van der Waals surface area contributed by atoms with E-state index in [0.29, 0.717) is 24.1 Å². The summed E-state index contributed by atoms with van der Waals surface area (Å²) >= 11 is 0. The number of carbonyl (C=O) groups is 1. The van der Waals surface area contributed by atoms with Gasteiger partial charge in [-0.05, 0) is 36.5 Å². The van der Waals surface area contributed by atoms with Crippen LogP contribution in [0.5, 0.6) is 5.75 Å². The molecule has 1 aliphatic rings. The molecule has 142 valence electrons. The average molecular weight is 382 g/mol. The molecule has 0 aliphatic heterocycles. The zero-order chi connectivity index (χ0) is 19.7. The summed E-state index contributed by atoms with van der Waals surface area (Å²) < 4.78 is 73.1. The second-order valence-electron chi connectivity index (χ2n) is 6.27. The molecule has 1 aliphatic carbocycles. The monoisotopic (exact) mass is 382 g/mol. The number of allylic oxidation sites excluding steroid dienone is 2. The minimum atomic E-state index is -1.74. The number of fused-ring (bicyclic) bond motifs is 1. The van der Waals surface area contributed by atoms with Crippen molar-refractivity contribution in [2.24, 2.45) is 0 Å². The third kappa shape index (κ3) is 3.72. The molecule has 0 saturated heterocycles. The van der Waals surface area contributed by atoms with Crippen LogP contribution in [-0.4, -0.2) is 5.97 Å². The van der Waals surface area contributed by atoms with E-state index in [9.17, 15) is 26.7 Å². The van der Waals surface area contributed by atoms with Crippen LogP contribution in [0.25, 0.3) is 0 Å². The van der Waals surface area contributed by atoms with E-state index < -0.39 is 46.4 Å². The van der Waals surface area contributed by atoms with Crippen LogP contribution in [0.3, 0.4) is 0 Å². The standard InChI is InChI=1S/C20H15F5O2/c1-2-3-10-4-5-13-11(6-10)7-14(21)17(18(13)24)20(26)27-12-8-15(22)19(25)16(23)9-12/h4,7-9H,2-3,5-6H2,1H3. The van der Waals surface area contributed by atoms with E-state index in [1.165, 1.54) is 0 Å². The van der Waals surface area contributed by atoms with Gasteiger partial charge in [0.05, 0.1) is 0 Å². The fourth-order valence-electron chi connectivity index (χ4n) is 3.10. The highest BCUT2D eigenvalue weighted by Gasteiger charge is 2.27. The highest BCUT2D eigenvalue weighted by molar-refractivity contribution is 5.92. The highest BCUT2D eigenvalue weighted by atomic mass is 19.2. The molecule has 7 heteroatoms. The average Bonchev–Trinajstić information content (AvgIpc) is 2.59. The van der Waals surface area contributed by atoms with Crippen molar-refractivity contribution < 1.29 is 31.5 Å². The van der Waals surface area contributed by atoms with Crippen molar-refractivity contribution in [1.29, 1.82) is 0 Å². The Labute approximate surface area is 152 Å². The van der Waals surface area contributed by atoms with Crippen molar-refractivity contribution in [3.63, 3.8) is 0 Å². The summed E-state index contributed by atoms with van der Waals surface area (Å²) in [4.78, 5) is 12.2. The fraction of sp³-hybridized carbons (Fsp3) is 0.250. The molecule has 0 spiro atoms. The Kier molecular flexibility index (Phi) is 5.30. The van der Waals surface area contributed by atoms with Crippen LogP contribution < -0.4 is 4.74 Å². The van der Waals surface area contributed by atoms with Crippen LogP contribution in [0.4, 0.5) is 22.0 Å². The second-order valence-corrected chi connectivity index (χ2v) is 6.27. The molecule has 3 rings (SSSR count). The van der Waals surface area contributed by atoms with Crippen LogP contribution >= 0.6 is 0 Å². The number of hydrogen-bond donors (Lipinski definition) is 0. The van der Waals surface area contributed by atoms with Gasteiger partial charge >= 0.3 is 5.97 Å². The maximum Gasteiger partial charge on any atom is 0.349 e. The molecule has 2 aromatic carbocycles. The van der Waals surface area contributed by atoms with Crippen molar-refractivity contribution in [1.82, 2.24) is 0 Å². The van der Waals surface area contributed by atoms with Gasteiger partial charge in [0.25, 0.3) is 0 Å². The molecular formula is C20H15F5O2. The van der Waals surface area contributed by atoms with Gasteiger partial charge in [0.15, 0.2) is 17.5 Å². The SMILES string of the molecule is CCCC1=CCc2c(cc(F)c(C(=O)Oc3cc(F)c(F)c(F)c3)c2F)C1. The Morgan fingerprint density at radius 3 is 2.30 bits per heavy atom. The normalized spacial score (nSPS) is 13.2. The van der Waals surface area contributed by atoms with Crippen molar-refractivity contribution in [3.8, 4) is 5.75 Å². The van der Waals surface area contributed by atoms with E-state index in [0.717, 1.165) is 24.5 Å². The van der Waals surface area contributed by atoms with Crippen LogP contribution in [0.2, 0.25) is 0 Å². The van der Waals surface area contributed by atoms with Gasteiger partial charge in [-0.25, -0.2) is 26.7 Å². The first-order valence-corrected chi connectivity index (χ1v) is 8.36. The summed E-state index contributed by atoms with van der Waals surface area (Å²) in [6, 6.07) is 1.91. The Balaban J connectivity index is 1.92. The van der Waals surface area contributed by atoms with Crippen molar-refractivity contribution >= 4 is 5.97 Å². The smallest absolute Gasteiger partial charge is 0.349 e. The number of benzene rings is 2. The zero-order valence-corrected chi connectivity index (χ0v) is 14.3. The highest BCUT2D eigenvalue weighted by Crippen LogP contribution is 2.30. The number of carbonyl (C=O) groups excluding carboxylic acids is 1. The molecule has 0 saturated carbocycles. The molecule has 0 radical (unpaired) electrons. The summed E-state index contributed by atoms with van der Waals surface area (Å²) in [6.45, 7) is 2.00. The first-order valence-electron chi connectivity index (χ1n) is 8.36. The van der Waals surface area contributed by atoms with Crippen LogP contribution in [-0.2, 0) is 12.8 Å². The first-order chi connectivity index (χ1) is 12.8. The van der Waals surface area contributed by atoms with E-state index >= 15 is 0 Å². The number of hydrogen-bond acceptors (Lipinski definition) is 2. The third-order valence-corrected chi connectivity index (χ3v) is 4.37. The van der Waals surface area contributed by atoms with Gasteiger partial charge in [0.2, 0.25) is 0 Å². The maximum absolute atomic E-state index is 14.7. The van der Waals surface area contributed by atoms with Crippen molar-refractivity contribution in [2.45, 2.75) is 32.6 Å². The molecular weight excluding hydrogens is 367 g/mol. The minimum absolute atomic E-state index is 0.180. The third-order valence-electron chi connectivity index (χ3n) is 4.37. The van der Waals surface area contributed by atoms with Gasteiger partial charge in [0, 0.05) is 12.1 Å². The number of halogens is 5. The van der Waals surface area contributed by atoms with Gasteiger partial charge in [-0.3, -0.25) is 0 Å². The van der Waals surface area contributed by atoms with Crippen LogP contribution in [0, 0.1) is 29.1 Å². The predicted octanol–water partition coefficient (Wildman–Crippen LogP) is 5.43. The Morgan fingerprint density at radius 1 is 1.00 bits per heavy atom. The predicted molar refractivity (Wildman–Crippen MR) is 88.0 cm³/mol. The minimum Gasteiger partial charge on any atom is -0.423 e. The molecule has 0 N–H and O–H groups in total. The summed E-state index contributed by atoms with van der Waals surface area (Å²) in [7, 11) is 0. The molecule has 0 fully saturated rings. The maximum atomic E-state index is 14.7. The van der Waals surface area contributed by atoms with E-state index in [1.54, 1.807) is 0 Å². The quantitative estimate of drug-likeness (QED) is 0.232. The Morgan fingerprint density at radius 2 is 1.67 bits per heavy atom. The molecule has 2 nitrogen and oxygen atoms in total. The lowest BCUT2D eigenvalue weighted by atomic mass is 9.88. The largest absolute Gasteiger partial charge is 0.423 e. The molecule has 0 unspecified atom stereocenters. The second kappa shape index (κ2) is 7.50. The molecule has 0 aromatic heterocycles. The summed E-state index contributed by atoms with van der Waals surface area (Å²) in [5, 5.41) is 0. The van der Waals surface area contributed by atoms with E-state index in [-0.39, 0.29) is 12.0 Å². The van der Waals surface area contributed by atoms with Gasteiger partial charge in [0.1, 0.15) is 22.9 Å². The van der Waals surface area contributed by atoms with Gasteiger partial charge < -0.3 is 4.74 Å². The van der Waals surface area contributed by atoms with Gasteiger partial charge in [-0.15, -0.1) is 0 Å². The number of esters is 1. The van der Waals surface area contributed by atoms with Gasteiger partial charge in [-0.1, -0.05) is 25.0 Å². The van der Waals surface area contributed by atoms with E-state index in [4.69, 9.17) is 0 Å². The Bertz CT molecular complexity index is 927. The van der Waals surface area contributed by atoms with Crippen LogP contribution in [0.1, 0.15) is 41.3 Å². The van der Waals surface area contributed by atoms with Gasteiger partial charge in [-0.2, -0.15) is 0 Å². The summed E-state index contributed by atoms with van der Waals surface area (Å²) in [5.41, 5.74) is 0.744.